The smallest absolute Gasteiger partial charge is 0.00927 e. The molecule has 2 heteroatoms. The van der Waals surface area contributed by atoms with E-state index in [1.165, 1.54) is 51.6 Å². The van der Waals surface area contributed by atoms with Crippen molar-refractivity contribution in [2.24, 2.45) is 17.1 Å². The van der Waals surface area contributed by atoms with Crippen molar-refractivity contribution >= 4 is 0 Å². The van der Waals surface area contributed by atoms with Crippen LogP contribution >= 0.6 is 0 Å². The van der Waals surface area contributed by atoms with Crippen molar-refractivity contribution in [3.63, 3.8) is 0 Å². The molecular weight excluding hydrogens is 220 g/mol. The Labute approximate surface area is 114 Å². The monoisotopic (exact) mass is 254 g/mol. The molecule has 108 valence electrons. The van der Waals surface area contributed by atoms with E-state index < -0.39 is 0 Å². The van der Waals surface area contributed by atoms with Gasteiger partial charge in [0.15, 0.2) is 0 Å². The molecule has 1 saturated heterocycles. The van der Waals surface area contributed by atoms with Crippen LogP contribution in [0, 0.1) is 11.3 Å². The second kappa shape index (κ2) is 7.49. The van der Waals surface area contributed by atoms with Gasteiger partial charge in [-0.2, -0.15) is 0 Å². The van der Waals surface area contributed by atoms with Gasteiger partial charge in [-0.1, -0.05) is 40.5 Å². The Hall–Kier alpha value is -0.0800. The third-order valence-electron chi connectivity index (χ3n) is 4.20. The van der Waals surface area contributed by atoms with Crippen molar-refractivity contribution in [1.29, 1.82) is 0 Å². The van der Waals surface area contributed by atoms with Gasteiger partial charge in [0.25, 0.3) is 0 Å². The molecule has 0 aromatic carbocycles. The van der Waals surface area contributed by atoms with Gasteiger partial charge in [-0.25, -0.2) is 0 Å². The lowest BCUT2D eigenvalue weighted by Crippen LogP contribution is -2.41. The van der Waals surface area contributed by atoms with Crippen LogP contribution in [0.1, 0.15) is 66.2 Å². The molecule has 1 heterocycles. The van der Waals surface area contributed by atoms with Gasteiger partial charge in [-0.05, 0) is 50.1 Å². The van der Waals surface area contributed by atoms with Crippen LogP contribution in [0.5, 0.6) is 0 Å². The maximum absolute atomic E-state index is 6.00. The van der Waals surface area contributed by atoms with E-state index in [1.54, 1.807) is 0 Å². The average Bonchev–Trinajstić information content (AvgIpc) is 2.51. The van der Waals surface area contributed by atoms with Gasteiger partial charge in [0, 0.05) is 12.6 Å². The molecule has 1 rings (SSSR count). The van der Waals surface area contributed by atoms with E-state index in [1.807, 2.05) is 0 Å². The first-order valence-electron chi connectivity index (χ1n) is 7.90. The number of rotatable bonds is 5. The normalized spacial score (nSPS) is 24.8. The molecule has 2 atom stereocenters. The summed E-state index contributed by atoms with van der Waals surface area (Å²) in [6.07, 6.45) is 8.15. The van der Waals surface area contributed by atoms with Crippen LogP contribution in [0.25, 0.3) is 0 Å². The fourth-order valence-corrected chi connectivity index (χ4v) is 3.36. The van der Waals surface area contributed by atoms with Crippen LogP contribution < -0.4 is 5.73 Å². The average molecular weight is 254 g/mol. The second-order valence-electron chi connectivity index (χ2n) is 7.27. The summed E-state index contributed by atoms with van der Waals surface area (Å²) in [5, 5.41) is 0. The maximum Gasteiger partial charge on any atom is 0.00927 e. The number of hydrogen-bond acceptors (Lipinski definition) is 2. The molecule has 1 aliphatic heterocycles. The van der Waals surface area contributed by atoms with Gasteiger partial charge < -0.3 is 10.6 Å². The molecule has 1 fully saturated rings. The van der Waals surface area contributed by atoms with E-state index >= 15 is 0 Å². The van der Waals surface area contributed by atoms with E-state index in [2.05, 4.69) is 32.6 Å². The van der Waals surface area contributed by atoms with Crippen molar-refractivity contribution in [1.82, 2.24) is 4.90 Å². The van der Waals surface area contributed by atoms with Crippen molar-refractivity contribution < 1.29 is 0 Å². The fraction of sp³-hybridized carbons (Fsp3) is 1.00. The van der Waals surface area contributed by atoms with Crippen molar-refractivity contribution in [2.75, 3.05) is 19.6 Å². The molecule has 2 N–H and O–H groups in total. The molecule has 0 spiro atoms. The molecule has 0 amide bonds. The predicted octanol–water partition coefficient (Wildman–Crippen LogP) is 3.65. The molecule has 2 nitrogen and oxygen atoms in total. The summed E-state index contributed by atoms with van der Waals surface area (Å²) in [5.74, 6) is 0.664. The molecule has 0 aromatic rings. The summed E-state index contributed by atoms with van der Waals surface area (Å²) in [6.45, 7) is 12.7. The van der Waals surface area contributed by atoms with Crippen LogP contribution in [0.2, 0.25) is 0 Å². The first-order valence-corrected chi connectivity index (χ1v) is 7.90. The molecule has 1 aliphatic rings. The molecule has 18 heavy (non-hydrogen) atoms. The lowest BCUT2D eigenvalue weighted by atomic mass is 9.84. The first-order chi connectivity index (χ1) is 8.46. The predicted molar refractivity (Wildman–Crippen MR) is 80.7 cm³/mol. The summed E-state index contributed by atoms with van der Waals surface area (Å²) in [6, 6.07) is 0.807. The maximum atomic E-state index is 6.00. The second-order valence-corrected chi connectivity index (χ2v) is 7.27. The molecule has 0 radical (unpaired) electrons. The quantitative estimate of drug-likeness (QED) is 0.811. The van der Waals surface area contributed by atoms with Gasteiger partial charge in [0.1, 0.15) is 0 Å². The Bertz CT molecular complexity index is 220. The SMILES string of the molecule is CCC1CCCCCN1CC(CN)CC(C)(C)C. The van der Waals surface area contributed by atoms with E-state index in [0.717, 1.165) is 12.6 Å². The highest BCUT2D eigenvalue weighted by Gasteiger charge is 2.24. The Morgan fingerprint density at radius 3 is 2.50 bits per heavy atom. The highest BCUT2D eigenvalue weighted by Crippen LogP contribution is 2.27. The molecule has 0 bridgehead atoms. The van der Waals surface area contributed by atoms with E-state index in [9.17, 15) is 0 Å². The van der Waals surface area contributed by atoms with Crippen LogP contribution in [0.15, 0.2) is 0 Å². The molecule has 2 unspecified atom stereocenters. The van der Waals surface area contributed by atoms with E-state index in [-0.39, 0.29) is 0 Å². The van der Waals surface area contributed by atoms with Gasteiger partial charge in [0.05, 0.1) is 0 Å². The number of nitrogens with zero attached hydrogens (tertiary/aromatic N) is 1. The van der Waals surface area contributed by atoms with E-state index in [0.29, 0.717) is 11.3 Å². The summed E-state index contributed by atoms with van der Waals surface area (Å²) in [5.41, 5.74) is 6.40. The summed E-state index contributed by atoms with van der Waals surface area (Å²) >= 11 is 0. The van der Waals surface area contributed by atoms with Gasteiger partial charge in [0.2, 0.25) is 0 Å². The Morgan fingerprint density at radius 1 is 1.22 bits per heavy atom. The topological polar surface area (TPSA) is 29.3 Å². The minimum absolute atomic E-state index is 0.400. The van der Waals surface area contributed by atoms with Crippen LogP contribution in [-0.4, -0.2) is 30.6 Å². The lowest BCUT2D eigenvalue weighted by Gasteiger charge is -2.34. The summed E-state index contributed by atoms with van der Waals surface area (Å²) in [7, 11) is 0. The highest BCUT2D eigenvalue weighted by molar-refractivity contribution is 4.79. The van der Waals surface area contributed by atoms with E-state index in [4.69, 9.17) is 5.73 Å². The third kappa shape index (κ3) is 5.71. The van der Waals surface area contributed by atoms with Gasteiger partial charge >= 0.3 is 0 Å². The first kappa shape index (κ1) is 16.0. The molecule has 0 aliphatic carbocycles. The zero-order valence-corrected chi connectivity index (χ0v) is 13.0. The standard InChI is InChI=1S/C16H34N2/c1-5-15-9-7-6-8-10-18(15)13-14(12-17)11-16(2,3)4/h14-15H,5-13,17H2,1-4H3. The van der Waals surface area contributed by atoms with Crippen molar-refractivity contribution in [3.8, 4) is 0 Å². The third-order valence-corrected chi connectivity index (χ3v) is 4.20. The zero-order valence-electron chi connectivity index (χ0n) is 13.0. The number of likely N-dealkylation sites (tertiary alicyclic amines) is 1. The number of nitrogens with two attached hydrogens (primary N) is 1. The van der Waals surface area contributed by atoms with Gasteiger partial charge in [-0.15, -0.1) is 0 Å². The van der Waals surface area contributed by atoms with Crippen molar-refractivity contribution in [3.05, 3.63) is 0 Å². The minimum Gasteiger partial charge on any atom is -0.330 e. The molecule has 0 aromatic heterocycles. The summed E-state index contributed by atoms with van der Waals surface area (Å²) in [4.78, 5) is 2.73. The zero-order chi connectivity index (χ0) is 13.6. The minimum atomic E-state index is 0.400. The Kier molecular flexibility index (Phi) is 6.65. The van der Waals surface area contributed by atoms with Crippen molar-refractivity contribution in [2.45, 2.75) is 72.3 Å². The Balaban J connectivity index is 2.54. The molecule has 0 saturated carbocycles. The van der Waals surface area contributed by atoms with Crippen LogP contribution in [-0.2, 0) is 0 Å². The summed E-state index contributed by atoms with van der Waals surface area (Å²) < 4.78 is 0. The Morgan fingerprint density at radius 2 is 1.94 bits per heavy atom. The van der Waals surface area contributed by atoms with Crippen LogP contribution in [0.3, 0.4) is 0 Å². The fourth-order valence-electron chi connectivity index (χ4n) is 3.36. The largest absolute Gasteiger partial charge is 0.330 e. The van der Waals surface area contributed by atoms with Gasteiger partial charge in [-0.3, -0.25) is 0 Å². The number of hydrogen-bond donors (Lipinski definition) is 1. The van der Waals surface area contributed by atoms with Crippen LogP contribution in [0.4, 0.5) is 0 Å². The molecular formula is C16H34N2. The highest BCUT2D eigenvalue weighted by atomic mass is 15.2. The lowest BCUT2D eigenvalue weighted by molar-refractivity contribution is 0.146.